The van der Waals surface area contributed by atoms with E-state index >= 15 is 0 Å². The highest BCUT2D eigenvalue weighted by atomic mass is 16.5. The van der Waals surface area contributed by atoms with Gasteiger partial charge in [0.15, 0.2) is 6.61 Å². The Morgan fingerprint density at radius 1 is 0.857 bits per heavy atom. The van der Waals surface area contributed by atoms with Crippen molar-refractivity contribution in [3.63, 3.8) is 0 Å². The third-order valence-electron chi connectivity index (χ3n) is 4.69. The number of methoxy groups -OCH3 is 1. The van der Waals surface area contributed by atoms with Crippen LogP contribution in [-0.4, -0.2) is 37.7 Å². The number of para-hydroxylation sites is 2. The van der Waals surface area contributed by atoms with Crippen molar-refractivity contribution in [1.29, 1.82) is 0 Å². The van der Waals surface area contributed by atoms with Crippen LogP contribution in [0.4, 0.5) is 5.69 Å². The number of benzene rings is 3. The molecule has 3 aromatic carbocycles. The molecule has 0 bridgehead atoms. The second-order valence-corrected chi connectivity index (χ2v) is 7.34. The van der Waals surface area contributed by atoms with Gasteiger partial charge in [0, 0.05) is 6.54 Å². The predicted octanol–water partition coefficient (Wildman–Crippen LogP) is 2.87. The van der Waals surface area contributed by atoms with E-state index in [1.165, 1.54) is 13.3 Å². The lowest BCUT2D eigenvalue weighted by Crippen LogP contribution is -2.29. The van der Waals surface area contributed by atoms with Crippen LogP contribution in [0.1, 0.15) is 17.5 Å². The summed E-state index contributed by atoms with van der Waals surface area (Å²) in [7, 11) is 1.53. The number of anilines is 1. The van der Waals surface area contributed by atoms with Crippen molar-refractivity contribution in [3.05, 3.63) is 90.0 Å². The minimum atomic E-state index is -0.521. The molecule has 0 heterocycles. The van der Waals surface area contributed by atoms with Crippen molar-refractivity contribution in [2.45, 2.75) is 13.0 Å². The van der Waals surface area contributed by atoms with Gasteiger partial charge in [-0.15, -0.1) is 0 Å². The van der Waals surface area contributed by atoms with Crippen molar-refractivity contribution in [2.24, 2.45) is 5.10 Å². The first-order chi connectivity index (χ1) is 17.0. The number of carbonyl (C=O) groups is 3. The summed E-state index contributed by atoms with van der Waals surface area (Å²) in [6.45, 7) is 0.181. The molecule has 9 heteroatoms. The fraction of sp³-hybridized carbons (Fsp3) is 0.154. The second-order valence-electron chi connectivity index (χ2n) is 7.34. The number of carbonyl (C=O) groups excluding carboxylic acids is 3. The Morgan fingerprint density at radius 2 is 1.57 bits per heavy atom. The topological polar surface area (TPSA) is 118 Å². The van der Waals surface area contributed by atoms with Gasteiger partial charge in [-0.1, -0.05) is 42.5 Å². The normalized spacial score (nSPS) is 10.4. The van der Waals surface area contributed by atoms with Gasteiger partial charge in [0.25, 0.3) is 5.91 Å². The average Bonchev–Trinajstić information content (AvgIpc) is 2.88. The summed E-state index contributed by atoms with van der Waals surface area (Å²) in [5.74, 6) is -0.179. The first-order valence-electron chi connectivity index (χ1n) is 10.8. The first-order valence-corrected chi connectivity index (χ1v) is 10.8. The lowest BCUT2D eigenvalue weighted by molar-refractivity contribution is -0.129. The molecule has 0 radical (unpaired) electrons. The summed E-state index contributed by atoms with van der Waals surface area (Å²) in [4.78, 5) is 35.9. The van der Waals surface area contributed by atoms with E-state index in [0.717, 1.165) is 5.56 Å². The Labute approximate surface area is 203 Å². The molecule has 0 saturated carbocycles. The maximum atomic E-state index is 12.1. The van der Waals surface area contributed by atoms with E-state index in [0.29, 0.717) is 29.3 Å². The molecule has 0 saturated heterocycles. The number of amides is 3. The first kappa shape index (κ1) is 25.0. The number of hydrogen-bond donors (Lipinski definition) is 3. The molecule has 0 aliphatic carbocycles. The van der Waals surface area contributed by atoms with Crippen molar-refractivity contribution in [2.75, 3.05) is 19.0 Å². The van der Waals surface area contributed by atoms with Gasteiger partial charge in [0.2, 0.25) is 11.8 Å². The van der Waals surface area contributed by atoms with Crippen LogP contribution >= 0.6 is 0 Å². The van der Waals surface area contributed by atoms with Crippen molar-refractivity contribution < 1.29 is 23.9 Å². The molecule has 0 atom stereocenters. The summed E-state index contributed by atoms with van der Waals surface area (Å²) in [6, 6.07) is 23.3. The fourth-order valence-corrected chi connectivity index (χ4v) is 2.96. The zero-order valence-corrected chi connectivity index (χ0v) is 19.2. The average molecular weight is 475 g/mol. The van der Waals surface area contributed by atoms with Crippen molar-refractivity contribution in [3.8, 4) is 11.5 Å². The van der Waals surface area contributed by atoms with Gasteiger partial charge in [-0.25, -0.2) is 5.43 Å². The Morgan fingerprint density at radius 3 is 2.31 bits per heavy atom. The number of ether oxygens (including phenoxy) is 2. The van der Waals surface area contributed by atoms with Crippen LogP contribution in [0.2, 0.25) is 0 Å². The minimum Gasteiger partial charge on any atom is -0.495 e. The Kier molecular flexibility index (Phi) is 9.38. The zero-order chi connectivity index (χ0) is 24.9. The Balaban J connectivity index is 1.37. The minimum absolute atomic E-state index is 0.173. The van der Waals surface area contributed by atoms with Gasteiger partial charge in [0.1, 0.15) is 17.9 Å². The van der Waals surface area contributed by atoms with Gasteiger partial charge in [-0.3, -0.25) is 14.4 Å². The largest absolute Gasteiger partial charge is 0.495 e. The molecule has 3 rings (SSSR count). The quantitative estimate of drug-likeness (QED) is 0.224. The number of hydrazone groups is 1. The summed E-state index contributed by atoms with van der Waals surface area (Å²) in [5, 5.41) is 9.27. The van der Waals surface area contributed by atoms with Gasteiger partial charge in [-0.05, 0) is 47.5 Å². The molecule has 0 aliphatic rings. The molecule has 9 nitrogen and oxygen atoms in total. The highest BCUT2D eigenvalue weighted by Crippen LogP contribution is 2.22. The smallest absolute Gasteiger partial charge is 0.262 e. The molecular formula is C26H26N4O5. The third kappa shape index (κ3) is 8.65. The summed E-state index contributed by atoms with van der Waals surface area (Å²) in [6.07, 6.45) is 1.12. The van der Waals surface area contributed by atoms with Gasteiger partial charge >= 0.3 is 0 Å². The van der Waals surface area contributed by atoms with E-state index in [2.05, 4.69) is 21.2 Å². The summed E-state index contributed by atoms with van der Waals surface area (Å²) >= 11 is 0. The van der Waals surface area contributed by atoms with E-state index in [1.54, 1.807) is 42.5 Å². The predicted molar refractivity (Wildman–Crippen MR) is 132 cm³/mol. The highest BCUT2D eigenvalue weighted by Gasteiger charge is 2.09. The maximum absolute atomic E-state index is 12.1. The number of nitrogens with one attached hydrogen (secondary N) is 3. The van der Waals surface area contributed by atoms with Crippen molar-refractivity contribution in [1.82, 2.24) is 10.7 Å². The van der Waals surface area contributed by atoms with Gasteiger partial charge in [-0.2, -0.15) is 5.10 Å². The molecule has 180 valence electrons. The molecule has 0 unspecified atom stereocenters. The van der Waals surface area contributed by atoms with Crippen LogP contribution < -0.4 is 25.5 Å². The van der Waals surface area contributed by atoms with Crippen LogP contribution in [0.5, 0.6) is 11.5 Å². The maximum Gasteiger partial charge on any atom is 0.262 e. The van der Waals surface area contributed by atoms with Crippen LogP contribution in [-0.2, 0) is 20.9 Å². The second kappa shape index (κ2) is 13.1. The van der Waals surface area contributed by atoms with Crippen LogP contribution in [0.25, 0.3) is 0 Å². The number of nitrogens with zero attached hydrogens (tertiary/aromatic N) is 1. The highest BCUT2D eigenvalue weighted by molar-refractivity contribution is 5.97. The van der Waals surface area contributed by atoms with E-state index in [1.807, 2.05) is 36.4 Å². The summed E-state index contributed by atoms with van der Waals surface area (Å²) in [5.41, 5.74) is 4.53. The molecule has 3 amide bonds. The molecule has 3 aromatic rings. The van der Waals surface area contributed by atoms with E-state index in [-0.39, 0.29) is 18.9 Å². The Hall–Kier alpha value is -4.66. The van der Waals surface area contributed by atoms with E-state index in [4.69, 9.17) is 9.47 Å². The van der Waals surface area contributed by atoms with E-state index in [9.17, 15) is 14.4 Å². The van der Waals surface area contributed by atoms with Gasteiger partial charge in [0.05, 0.1) is 19.0 Å². The molecule has 0 aromatic heterocycles. The summed E-state index contributed by atoms with van der Waals surface area (Å²) < 4.78 is 10.7. The third-order valence-corrected chi connectivity index (χ3v) is 4.69. The standard InChI is InChI=1S/C26H26N4O5/c1-34-23-10-6-5-9-22(23)29-26(33)18-35-21-13-11-20(12-14-21)17-28-30-25(32)15-24(31)27-16-19-7-3-2-4-8-19/h2-14,17H,15-16,18H2,1H3,(H,27,31)(H,29,33)(H,30,32)/b28-17+. The lowest BCUT2D eigenvalue weighted by Gasteiger charge is -2.10. The molecule has 0 fully saturated rings. The van der Waals surface area contributed by atoms with Crippen LogP contribution in [0, 0.1) is 0 Å². The number of hydrogen-bond acceptors (Lipinski definition) is 6. The van der Waals surface area contributed by atoms with Gasteiger partial charge < -0.3 is 20.1 Å². The molecule has 0 aliphatic heterocycles. The Bertz CT molecular complexity index is 1160. The monoisotopic (exact) mass is 474 g/mol. The molecule has 0 spiro atoms. The lowest BCUT2D eigenvalue weighted by atomic mass is 10.2. The van der Waals surface area contributed by atoms with Crippen molar-refractivity contribution >= 4 is 29.6 Å². The van der Waals surface area contributed by atoms with Crippen LogP contribution in [0.3, 0.4) is 0 Å². The molecule has 35 heavy (non-hydrogen) atoms. The molecule has 3 N–H and O–H groups in total. The number of rotatable bonds is 11. The van der Waals surface area contributed by atoms with Crippen LogP contribution in [0.15, 0.2) is 84.0 Å². The fourth-order valence-electron chi connectivity index (χ4n) is 2.96. The molecular weight excluding hydrogens is 448 g/mol. The van der Waals surface area contributed by atoms with E-state index < -0.39 is 11.8 Å². The SMILES string of the molecule is COc1ccccc1NC(=O)COc1ccc(/C=N/NC(=O)CC(=O)NCc2ccccc2)cc1. The zero-order valence-electron chi connectivity index (χ0n) is 19.2.